The molecule has 3 rings (SSSR count). The largest absolute Gasteiger partial charge is 0.436 e. The maximum Gasteiger partial charge on any atom is 0.227 e. The predicted molar refractivity (Wildman–Crippen MR) is 83.4 cm³/mol. The van der Waals surface area contributed by atoms with Crippen LogP contribution in [0.2, 0.25) is 10.0 Å². The van der Waals surface area contributed by atoms with Crippen LogP contribution in [-0.4, -0.2) is 4.98 Å². The van der Waals surface area contributed by atoms with E-state index in [0.29, 0.717) is 32.7 Å². The van der Waals surface area contributed by atoms with Gasteiger partial charge in [0.05, 0.1) is 15.7 Å². The number of nitrogen functional groups attached to an aromatic ring is 1. The average molecular weight is 307 g/mol. The number of oxazole rings is 1. The molecule has 3 aromatic rings. The summed E-state index contributed by atoms with van der Waals surface area (Å²) < 4.78 is 5.73. The highest BCUT2D eigenvalue weighted by Gasteiger charge is 2.15. The van der Waals surface area contributed by atoms with Gasteiger partial charge in [-0.3, -0.25) is 0 Å². The number of aromatic nitrogens is 1. The van der Waals surface area contributed by atoms with Crippen molar-refractivity contribution >= 4 is 40.0 Å². The van der Waals surface area contributed by atoms with Crippen LogP contribution in [0.25, 0.3) is 22.6 Å². The number of nitrogens with two attached hydrogens (primary N) is 1. The van der Waals surface area contributed by atoms with Crippen molar-refractivity contribution in [1.29, 1.82) is 0 Å². The lowest BCUT2D eigenvalue weighted by Crippen LogP contribution is -1.88. The SMILES string of the molecule is Cc1ccc(-c2nc3c(Cl)c(N)c(Cl)cc3o2)cc1C. The van der Waals surface area contributed by atoms with Crippen molar-refractivity contribution in [2.24, 2.45) is 0 Å². The minimum atomic E-state index is 0.320. The van der Waals surface area contributed by atoms with Gasteiger partial charge in [-0.1, -0.05) is 29.3 Å². The van der Waals surface area contributed by atoms with Gasteiger partial charge in [0, 0.05) is 11.6 Å². The Morgan fingerprint density at radius 3 is 2.55 bits per heavy atom. The zero-order valence-electron chi connectivity index (χ0n) is 11.0. The summed E-state index contributed by atoms with van der Waals surface area (Å²) in [6, 6.07) is 7.66. The van der Waals surface area contributed by atoms with Crippen LogP contribution >= 0.6 is 23.2 Å². The van der Waals surface area contributed by atoms with Gasteiger partial charge in [0.15, 0.2) is 5.58 Å². The third kappa shape index (κ3) is 2.03. The molecule has 0 atom stereocenters. The van der Waals surface area contributed by atoms with Crippen LogP contribution in [0.4, 0.5) is 5.69 Å². The molecule has 2 aromatic carbocycles. The standard InChI is InChI=1S/C15H12Cl2N2O/c1-7-3-4-9(5-8(7)2)15-19-14-11(20-15)6-10(16)13(18)12(14)17/h3-6H,18H2,1-2H3. The van der Waals surface area contributed by atoms with Gasteiger partial charge in [-0.25, -0.2) is 4.98 Å². The molecule has 2 N–H and O–H groups in total. The van der Waals surface area contributed by atoms with E-state index in [-0.39, 0.29) is 0 Å². The van der Waals surface area contributed by atoms with Crippen molar-refractivity contribution in [3.05, 3.63) is 45.4 Å². The molecule has 0 aliphatic heterocycles. The molecule has 0 radical (unpaired) electrons. The number of hydrogen-bond acceptors (Lipinski definition) is 3. The minimum absolute atomic E-state index is 0.320. The van der Waals surface area contributed by atoms with Crippen molar-refractivity contribution in [1.82, 2.24) is 4.98 Å². The van der Waals surface area contributed by atoms with Gasteiger partial charge < -0.3 is 10.2 Å². The Hall–Kier alpha value is -1.71. The summed E-state index contributed by atoms with van der Waals surface area (Å²) in [4.78, 5) is 4.42. The van der Waals surface area contributed by atoms with Crippen LogP contribution in [0.15, 0.2) is 28.7 Å². The Labute approximate surface area is 126 Å². The zero-order valence-corrected chi connectivity index (χ0v) is 12.5. The highest BCUT2D eigenvalue weighted by atomic mass is 35.5. The fourth-order valence-electron chi connectivity index (χ4n) is 2.01. The van der Waals surface area contributed by atoms with Crippen LogP contribution < -0.4 is 5.73 Å². The summed E-state index contributed by atoms with van der Waals surface area (Å²) in [5, 5.41) is 0.691. The number of anilines is 1. The zero-order chi connectivity index (χ0) is 14.4. The van der Waals surface area contributed by atoms with Gasteiger partial charge in [-0.05, 0) is 37.1 Å². The van der Waals surface area contributed by atoms with Crippen LogP contribution in [0.5, 0.6) is 0 Å². The van der Waals surface area contributed by atoms with Gasteiger partial charge in [0.25, 0.3) is 0 Å². The molecule has 1 aromatic heterocycles. The van der Waals surface area contributed by atoms with Crippen LogP contribution in [0.1, 0.15) is 11.1 Å². The molecular weight excluding hydrogens is 295 g/mol. The predicted octanol–water partition coefficient (Wildman–Crippen LogP) is 5.00. The third-order valence-electron chi connectivity index (χ3n) is 3.37. The van der Waals surface area contributed by atoms with Gasteiger partial charge in [0.1, 0.15) is 5.52 Å². The molecular formula is C15H12Cl2N2O. The monoisotopic (exact) mass is 306 g/mol. The molecule has 0 bridgehead atoms. The summed E-state index contributed by atoms with van der Waals surface area (Å²) in [6.45, 7) is 4.10. The van der Waals surface area contributed by atoms with Crippen LogP contribution in [0, 0.1) is 13.8 Å². The highest BCUT2D eigenvalue weighted by molar-refractivity contribution is 6.42. The average Bonchev–Trinajstić information content (AvgIpc) is 2.83. The molecule has 0 aliphatic carbocycles. The fraction of sp³-hybridized carbons (Fsp3) is 0.133. The Morgan fingerprint density at radius 1 is 1.10 bits per heavy atom. The summed E-state index contributed by atoms with van der Waals surface area (Å²) in [7, 11) is 0. The number of rotatable bonds is 1. The normalized spacial score (nSPS) is 11.2. The van der Waals surface area contributed by atoms with Crippen molar-refractivity contribution in [3.8, 4) is 11.5 Å². The lowest BCUT2D eigenvalue weighted by molar-refractivity contribution is 0.620. The molecule has 0 saturated heterocycles. The molecule has 0 saturated carbocycles. The quantitative estimate of drug-likeness (QED) is 0.644. The van der Waals surface area contributed by atoms with Gasteiger partial charge in [-0.2, -0.15) is 0 Å². The number of benzene rings is 2. The Morgan fingerprint density at radius 2 is 1.85 bits per heavy atom. The number of nitrogens with zero attached hydrogens (tertiary/aromatic N) is 1. The van der Waals surface area contributed by atoms with Gasteiger partial charge in [0.2, 0.25) is 5.89 Å². The van der Waals surface area contributed by atoms with E-state index in [1.807, 2.05) is 25.1 Å². The van der Waals surface area contributed by atoms with Crippen LogP contribution in [0.3, 0.4) is 0 Å². The van der Waals surface area contributed by atoms with E-state index in [2.05, 4.69) is 11.9 Å². The van der Waals surface area contributed by atoms with E-state index in [1.165, 1.54) is 11.1 Å². The van der Waals surface area contributed by atoms with Crippen molar-refractivity contribution in [2.45, 2.75) is 13.8 Å². The molecule has 0 unspecified atom stereocenters. The Balaban J connectivity index is 2.23. The highest BCUT2D eigenvalue weighted by Crippen LogP contribution is 2.37. The van der Waals surface area contributed by atoms with Crippen LogP contribution in [-0.2, 0) is 0 Å². The van der Waals surface area contributed by atoms with E-state index in [4.69, 9.17) is 33.4 Å². The van der Waals surface area contributed by atoms with Crippen molar-refractivity contribution < 1.29 is 4.42 Å². The number of halogens is 2. The van der Waals surface area contributed by atoms with Crippen molar-refractivity contribution in [3.63, 3.8) is 0 Å². The lowest BCUT2D eigenvalue weighted by Gasteiger charge is -2.01. The Kier molecular flexibility index (Phi) is 3.11. The molecule has 0 amide bonds. The second kappa shape index (κ2) is 4.69. The second-order valence-corrected chi connectivity index (χ2v) is 5.54. The summed E-state index contributed by atoms with van der Waals surface area (Å²) in [5.41, 5.74) is 10.5. The van der Waals surface area contributed by atoms with E-state index in [9.17, 15) is 0 Å². The lowest BCUT2D eigenvalue weighted by atomic mass is 10.1. The maximum atomic E-state index is 6.16. The smallest absolute Gasteiger partial charge is 0.227 e. The molecule has 3 nitrogen and oxygen atoms in total. The van der Waals surface area contributed by atoms with Gasteiger partial charge in [-0.15, -0.1) is 0 Å². The third-order valence-corrected chi connectivity index (χ3v) is 4.06. The number of aryl methyl sites for hydroxylation is 2. The van der Waals surface area contributed by atoms with E-state index < -0.39 is 0 Å². The topological polar surface area (TPSA) is 52.0 Å². The first-order valence-electron chi connectivity index (χ1n) is 6.09. The molecule has 0 aliphatic rings. The molecule has 0 spiro atoms. The molecule has 1 heterocycles. The molecule has 5 heteroatoms. The number of hydrogen-bond donors (Lipinski definition) is 1. The van der Waals surface area contributed by atoms with E-state index >= 15 is 0 Å². The van der Waals surface area contributed by atoms with Crippen molar-refractivity contribution in [2.75, 3.05) is 5.73 Å². The first-order chi connectivity index (χ1) is 9.47. The minimum Gasteiger partial charge on any atom is -0.436 e. The first kappa shape index (κ1) is 13.3. The molecule has 0 fully saturated rings. The second-order valence-electron chi connectivity index (χ2n) is 4.75. The molecule has 102 valence electrons. The summed E-state index contributed by atoms with van der Waals surface area (Å²) in [6.07, 6.45) is 0. The Bertz CT molecular complexity index is 824. The van der Waals surface area contributed by atoms with E-state index in [1.54, 1.807) is 6.07 Å². The van der Waals surface area contributed by atoms with E-state index in [0.717, 1.165) is 5.56 Å². The first-order valence-corrected chi connectivity index (χ1v) is 6.84. The summed E-state index contributed by atoms with van der Waals surface area (Å²) >= 11 is 12.2. The maximum absolute atomic E-state index is 6.16. The fourth-order valence-corrected chi connectivity index (χ4v) is 2.49. The summed E-state index contributed by atoms with van der Waals surface area (Å²) in [5.74, 6) is 0.506. The number of fused-ring (bicyclic) bond motifs is 1. The molecule has 20 heavy (non-hydrogen) atoms. The van der Waals surface area contributed by atoms with Gasteiger partial charge >= 0.3 is 0 Å².